The molecule has 2 aromatic carbocycles. The number of nitrogens with two attached hydrogens (primary N) is 1. The molecule has 0 aliphatic carbocycles. The number of amides is 1. The summed E-state index contributed by atoms with van der Waals surface area (Å²) in [6.45, 7) is 2.36. The predicted octanol–water partition coefficient (Wildman–Crippen LogP) is 3.88. The maximum absolute atomic E-state index is 13.2. The van der Waals surface area contributed by atoms with E-state index in [2.05, 4.69) is 16.5 Å². The van der Waals surface area contributed by atoms with Crippen molar-refractivity contribution in [1.29, 1.82) is 5.26 Å². The molecule has 0 atom stereocenters. The maximum Gasteiger partial charge on any atom is 0.287 e. The van der Waals surface area contributed by atoms with Gasteiger partial charge in [-0.15, -0.1) is 0 Å². The molecule has 4 rings (SSSR count). The van der Waals surface area contributed by atoms with E-state index in [-0.39, 0.29) is 28.9 Å². The number of rotatable bonds is 6. The zero-order chi connectivity index (χ0) is 22.0. The summed E-state index contributed by atoms with van der Waals surface area (Å²) >= 11 is 0. The first-order valence-corrected chi connectivity index (χ1v) is 9.78. The van der Waals surface area contributed by atoms with E-state index in [9.17, 15) is 14.4 Å². The van der Waals surface area contributed by atoms with Crippen molar-refractivity contribution in [3.8, 4) is 11.8 Å². The molecule has 0 saturated carbocycles. The van der Waals surface area contributed by atoms with E-state index in [1.807, 2.05) is 25.1 Å². The molecule has 2 aromatic heterocycles. The fraction of sp³-hybridized carbons (Fsp3) is 0.174. The fourth-order valence-corrected chi connectivity index (χ4v) is 3.37. The molecule has 156 valence electrons. The summed E-state index contributed by atoms with van der Waals surface area (Å²) in [5.74, 6) is -0.217. The summed E-state index contributed by atoms with van der Waals surface area (Å²) in [6.07, 6.45) is 1.00. The molecule has 31 heavy (non-hydrogen) atoms. The number of nitrogen functional groups attached to an aromatic ring is 1. The number of aromatic nitrogens is 2. The Morgan fingerprint density at radius 3 is 2.77 bits per heavy atom. The Morgan fingerprint density at radius 2 is 2.03 bits per heavy atom. The zero-order valence-corrected chi connectivity index (χ0v) is 16.9. The third-order valence-corrected chi connectivity index (χ3v) is 4.95. The average Bonchev–Trinajstić information content (AvgIpc) is 3.32. The lowest BCUT2D eigenvalue weighted by atomic mass is 10.1. The van der Waals surface area contributed by atoms with Gasteiger partial charge in [0.2, 0.25) is 0 Å². The minimum Gasteiger partial charge on any atom is -0.451 e. The van der Waals surface area contributed by atoms with Crippen molar-refractivity contribution >= 4 is 22.7 Å². The highest BCUT2D eigenvalue weighted by atomic mass is 19.1. The largest absolute Gasteiger partial charge is 0.451 e. The molecule has 0 aliphatic rings. The van der Waals surface area contributed by atoms with Crippen molar-refractivity contribution in [3.63, 3.8) is 0 Å². The molecule has 0 spiro atoms. The van der Waals surface area contributed by atoms with Crippen molar-refractivity contribution in [1.82, 2.24) is 15.1 Å². The average molecular weight is 417 g/mol. The zero-order valence-electron chi connectivity index (χ0n) is 16.9. The molecule has 7 nitrogen and oxygen atoms in total. The minimum atomic E-state index is -0.370. The Balaban J connectivity index is 1.40. The van der Waals surface area contributed by atoms with Crippen molar-refractivity contribution < 1.29 is 13.6 Å². The molecule has 0 saturated heterocycles. The van der Waals surface area contributed by atoms with Crippen LogP contribution >= 0.6 is 0 Å². The number of furan rings is 1. The van der Waals surface area contributed by atoms with Gasteiger partial charge in [-0.05, 0) is 62.2 Å². The smallest absolute Gasteiger partial charge is 0.287 e. The Kier molecular flexibility index (Phi) is 5.41. The van der Waals surface area contributed by atoms with Crippen LogP contribution in [-0.2, 0) is 6.42 Å². The monoisotopic (exact) mass is 417 g/mol. The van der Waals surface area contributed by atoms with E-state index < -0.39 is 0 Å². The van der Waals surface area contributed by atoms with Crippen LogP contribution in [0.5, 0.6) is 0 Å². The number of benzene rings is 2. The molecule has 3 N–H and O–H groups in total. The first-order valence-electron chi connectivity index (χ1n) is 9.78. The quantitative estimate of drug-likeness (QED) is 0.463. The molecule has 0 fully saturated rings. The third-order valence-electron chi connectivity index (χ3n) is 4.95. The van der Waals surface area contributed by atoms with Crippen molar-refractivity contribution in [2.75, 3.05) is 12.3 Å². The van der Waals surface area contributed by atoms with Gasteiger partial charge in [0.25, 0.3) is 5.91 Å². The van der Waals surface area contributed by atoms with Gasteiger partial charge >= 0.3 is 0 Å². The molecule has 0 aliphatic heterocycles. The maximum atomic E-state index is 13.2. The molecule has 1 amide bonds. The lowest BCUT2D eigenvalue weighted by Crippen LogP contribution is -2.24. The normalized spacial score (nSPS) is 10.9. The molecular weight excluding hydrogens is 397 g/mol. The SMILES string of the molecule is Cc1ccc2oc(C(=O)NCCCc3nn(-c4ccc(F)cc4)c(N)c3C#N)cc2c1. The highest BCUT2D eigenvalue weighted by molar-refractivity contribution is 5.96. The van der Waals surface area contributed by atoms with Crippen molar-refractivity contribution in [2.24, 2.45) is 0 Å². The number of anilines is 1. The number of nitrogens with one attached hydrogen (secondary N) is 1. The van der Waals surface area contributed by atoms with Gasteiger partial charge in [0.1, 0.15) is 28.9 Å². The third kappa shape index (κ3) is 4.12. The van der Waals surface area contributed by atoms with E-state index in [1.165, 1.54) is 16.8 Å². The van der Waals surface area contributed by atoms with Crippen LogP contribution in [0.4, 0.5) is 10.2 Å². The second-order valence-corrected chi connectivity index (χ2v) is 7.22. The summed E-state index contributed by atoms with van der Waals surface area (Å²) in [6, 6.07) is 15.2. The lowest BCUT2D eigenvalue weighted by Gasteiger charge is -2.03. The topological polar surface area (TPSA) is 110 Å². The van der Waals surface area contributed by atoms with Crippen LogP contribution in [-0.4, -0.2) is 22.2 Å². The van der Waals surface area contributed by atoms with Gasteiger partial charge in [0.05, 0.1) is 11.4 Å². The van der Waals surface area contributed by atoms with E-state index >= 15 is 0 Å². The number of nitrogens with zero attached hydrogens (tertiary/aromatic N) is 3. The number of nitriles is 1. The summed E-state index contributed by atoms with van der Waals surface area (Å²) in [7, 11) is 0. The summed E-state index contributed by atoms with van der Waals surface area (Å²) < 4.78 is 20.2. The molecule has 0 radical (unpaired) electrons. The first kappa shape index (κ1) is 20.2. The van der Waals surface area contributed by atoms with Gasteiger partial charge in [-0.3, -0.25) is 4.79 Å². The van der Waals surface area contributed by atoms with Crippen LogP contribution in [0.25, 0.3) is 16.7 Å². The van der Waals surface area contributed by atoms with E-state index in [1.54, 1.807) is 18.2 Å². The molecule has 8 heteroatoms. The number of carbonyl (C=O) groups is 1. The highest BCUT2D eigenvalue weighted by Crippen LogP contribution is 2.22. The standard InChI is InChI=1S/C23H20FN5O2/c1-14-4-9-20-15(11-14)12-21(31-20)23(30)27-10-2-3-19-18(13-25)22(26)29(28-19)17-7-5-16(24)6-8-17/h4-9,11-12H,2-3,10,26H2,1H3,(H,27,30). The van der Waals surface area contributed by atoms with Crippen LogP contribution < -0.4 is 11.1 Å². The number of halogens is 1. The van der Waals surface area contributed by atoms with E-state index in [0.29, 0.717) is 36.4 Å². The second-order valence-electron chi connectivity index (χ2n) is 7.22. The van der Waals surface area contributed by atoms with Crippen molar-refractivity contribution in [3.05, 3.63) is 76.9 Å². The van der Waals surface area contributed by atoms with Gasteiger partial charge in [-0.1, -0.05) is 11.6 Å². The van der Waals surface area contributed by atoms with Gasteiger partial charge in [-0.2, -0.15) is 10.4 Å². The number of carbonyl (C=O) groups excluding carboxylic acids is 1. The second kappa shape index (κ2) is 8.32. The van der Waals surface area contributed by atoms with Gasteiger partial charge in [0.15, 0.2) is 5.76 Å². The van der Waals surface area contributed by atoms with Crippen LogP contribution in [0.3, 0.4) is 0 Å². The number of fused-ring (bicyclic) bond motifs is 1. The number of hydrogen-bond donors (Lipinski definition) is 2. The predicted molar refractivity (Wildman–Crippen MR) is 114 cm³/mol. The Bertz CT molecular complexity index is 1300. The van der Waals surface area contributed by atoms with Crippen LogP contribution in [0.2, 0.25) is 0 Å². The Hall–Kier alpha value is -4.12. The van der Waals surface area contributed by atoms with Gasteiger partial charge in [0, 0.05) is 11.9 Å². The molecule has 0 unspecified atom stereocenters. The van der Waals surface area contributed by atoms with E-state index in [0.717, 1.165) is 10.9 Å². The number of aryl methyl sites for hydroxylation is 2. The fourth-order valence-electron chi connectivity index (χ4n) is 3.37. The summed E-state index contributed by atoms with van der Waals surface area (Å²) in [5, 5.41) is 17.6. The molecule has 4 aromatic rings. The first-order chi connectivity index (χ1) is 15.0. The molecule has 2 heterocycles. The van der Waals surface area contributed by atoms with Gasteiger partial charge < -0.3 is 15.5 Å². The lowest BCUT2D eigenvalue weighted by molar-refractivity contribution is 0.0927. The molecular formula is C23H20FN5O2. The van der Waals surface area contributed by atoms with Crippen LogP contribution in [0.15, 0.2) is 52.9 Å². The Morgan fingerprint density at radius 1 is 1.26 bits per heavy atom. The number of hydrogen-bond acceptors (Lipinski definition) is 5. The summed E-state index contributed by atoms with van der Waals surface area (Å²) in [4.78, 5) is 12.4. The van der Waals surface area contributed by atoms with Crippen LogP contribution in [0.1, 0.15) is 33.8 Å². The minimum absolute atomic E-state index is 0.200. The molecule has 0 bridgehead atoms. The van der Waals surface area contributed by atoms with E-state index in [4.69, 9.17) is 10.2 Å². The van der Waals surface area contributed by atoms with Gasteiger partial charge in [-0.25, -0.2) is 9.07 Å². The van der Waals surface area contributed by atoms with Crippen LogP contribution in [0, 0.1) is 24.1 Å². The summed E-state index contributed by atoms with van der Waals surface area (Å²) in [5.41, 5.74) is 9.19. The Labute approximate surface area is 177 Å². The highest BCUT2D eigenvalue weighted by Gasteiger charge is 2.17. The van der Waals surface area contributed by atoms with Crippen molar-refractivity contribution in [2.45, 2.75) is 19.8 Å².